The first-order valence-electron chi connectivity index (χ1n) is 9.49. The number of halogens is 1. The third-order valence-electron chi connectivity index (χ3n) is 4.98. The minimum Gasteiger partial charge on any atom is -0.489 e. The van der Waals surface area contributed by atoms with E-state index in [-0.39, 0.29) is 0 Å². The molecule has 0 bridgehead atoms. The van der Waals surface area contributed by atoms with Crippen molar-refractivity contribution in [2.75, 3.05) is 13.1 Å². The molecule has 2 heterocycles. The van der Waals surface area contributed by atoms with Gasteiger partial charge in [0.25, 0.3) is 0 Å². The maximum Gasteiger partial charge on any atom is 0.120 e. The van der Waals surface area contributed by atoms with Crippen LogP contribution in [0, 0.1) is 0 Å². The first kappa shape index (κ1) is 18.1. The number of rotatable bonds is 6. The summed E-state index contributed by atoms with van der Waals surface area (Å²) in [5.41, 5.74) is 5.83. The zero-order chi connectivity index (χ0) is 18.6. The summed E-state index contributed by atoms with van der Waals surface area (Å²) in [5.74, 6) is 0.848. The van der Waals surface area contributed by atoms with Crippen LogP contribution < -0.4 is 4.74 Å². The number of hydrogen-bond acceptors (Lipinski definition) is 3. The van der Waals surface area contributed by atoms with Crippen LogP contribution in [0.2, 0.25) is 5.02 Å². The molecule has 0 unspecified atom stereocenters. The van der Waals surface area contributed by atoms with E-state index in [0.29, 0.717) is 6.61 Å². The molecule has 5 heteroatoms. The molecule has 2 aromatic carbocycles. The lowest BCUT2D eigenvalue weighted by atomic mass is 10.0. The minimum atomic E-state index is 0.517. The average molecular weight is 382 g/mol. The van der Waals surface area contributed by atoms with Gasteiger partial charge in [-0.1, -0.05) is 42.8 Å². The van der Waals surface area contributed by atoms with Gasteiger partial charge < -0.3 is 4.74 Å². The molecule has 4 nitrogen and oxygen atoms in total. The lowest BCUT2D eigenvalue weighted by Gasteiger charge is -2.26. The number of aromatic nitrogens is 2. The predicted octanol–water partition coefficient (Wildman–Crippen LogP) is 5.08. The number of ether oxygens (including phenoxy) is 1. The van der Waals surface area contributed by atoms with E-state index in [0.717, 1.165) is 53.6 Å². The molecule has 0 aliphatic carbocycles. The quantitative estimate of drug-likeness (QED) is 0.647. The fourth-order valence-corrected chi connectivity index (χ4v) is 3.70. The summed E-state index contributed by atoms with van der Waals surface area (Å²) in [6, 6.07) is 15.9. The number of nitrogens with zero attached hydrogens (tertiary/aromatic N) is 2. The summed E-state index contributed by atoms with van der Waals surface area (Å²) < 4.78 is 5.98. The molecule has 0 atom stereocenters. The molecule has 3 aromatic rings. The van der Waals surface area contributed by atoms with Crippen LogP contribution in [-0.4, -0.2) is 28.2 Å². The normalized spacial score (nSPS) is 14.1. The molecule has 1 aromatic heterocycles. The molecule has 140 valence electrons. The maximum absolute atomic E-state index is 5.98. The number of benzene rings is 2. The van der Waals surface area contributed by atoms with E-state index < -0.39 is 0 Å². The van der Waals surface area contributed by atoms with Crippen LogP contribution in [0.3, 0.4) is 0 Å². The van der Waals surface area contributed by atoms with Gasteiger partial charge in [-0.15, -0.1) is 0 Å². The van der Waals surface area contributed by atoms with Gasteiger partial charge in [-0.2, -0.15) is 5.10 Å². The molecule has 4 rings (SSSR count). The molecule has 0 saturated heterocycles. The highest BCUT2D eigenvalue weighted by Crippen LogP contribution is 2.30. The van der Waals surface area contributed by atoms with E-state index in [1.54, 1.807) is 0 Å². The number of nitrogens with one attached hydrogen (secondary N) is 1. The zero-order valence-electron chi connectivity index (χ0n) is 15.5. The van der Waals surface area contributed by atoms with Crippen LogP contribution >= 0.6 is 11.6 Å². The topological polar surface area (TPSA) is 41.2 Å². The Balaban J connectivity index is 1.51. The van der Waals surface area contributed by atoms with Crippen LogP contribution in [0.5, 0.6) is 5.75 Å². The molecule has 1 aliphatic rings. The van der Waals surface area contributed by atoms with Crippen molar-refractivity contribution in [3.63, 3.8) is 0 Å². The van der Waals surface area contributed by atoms with Crippen molar-refractivity contribution in [3.8, 4) is 17.0 Å². The Morgan fingerprint density at radius 1 is 1.19 bits per heavy atom. The second-order valence-electron chi connectivity index (χ2n) is 7.00. The molecule has 1 N–H and O–H groups in total. The van der Waals surface area contributed by atoms with Crippen molar-refractivity contribution >= 4 is 11.6 Å². The molecular weight excluding hydrogens is 358 g/mol. The van der Waals surface area contributed by atoms with Gasteiger partial charge in [0.1, 0.15) is 12.4 Å². The third-order valence-corrected chi connectivity index (χ3v) is 5.23. The van der Waals surface area contributed by atoms with E-state index in [1.807, 2.05) is 36.4 Å². The summed E-state index contributed by atoms with van der Waals surface area (Å²) >= 11 is 5.94. The minimum absolute atomic E-state index is 0.517. The first-order chi connectivity index (χ1) is 13.2. The Labute approximate surface area is 165 Å². The average Bonchev–Trinajstić information content (AvgIpc) is 3.11. The lowest BCUT2D eigenvalue weighted by Crippen LogP contribution is -2.31. The predicted molar refractivity (Wildman–Crippen MR) is 109 cm³/mol. The number of fused-ring (bicyclic) bond motifs is 1. The van der Waals surface area contributed by atoms with Crippen molar-refractivity contribution in [3.05, 3.63) is 70.4 Å². The molecule has 0 fully saturated rings. The molecule has 1 aliphatic heterocycles. The van der Waals surface area contributed by atoms with Crippen LogP contribution in [0.15, 0.2) is 48.5 Å². The van der Waals surface area contributed by atoms with Crippen molar-refractivity contribution in [1.29, 1.82) is 0 Å². The van der Waals surface area contributed by atoms with Gasteiger partial charge in [0.2, 0.25) is 0 Å². The third kappa shape index (κ3) is 4.18. The Kier molecular flexibility index (Phi) is 5.46. The zero-order valence-corrected chi connectivity index (χ0v) is 16.3. The molecule has 27 heavy (non-hydrogen) atoms. The van der Waals surface area contributed by atoms with E-state index >= 15 is 0 Å². The lowest BCUT2D eigenvalue weighted by molar-refractivity contribution is 0.254. The summed E-state index contributed by atoms with van der Waals surface area (Å²) in [7, 11) is 0. The molecule has 0 saturated carbocycles. The summed E-state index contributed by atoms with van der Waals surface area (Å²) in [6.07, 6.45) is 2.21. The van der Waals surface area contributed by atoms with Crippen LogP contribution in [0.25, 0.3) is 11.3 Å². The highest BCUT2D eigenvalue weighted by molar-refractivity contribution is 6.30. The molecular formula is C22H24ClN3O. The van der Waals surface area contributed by atoms with Gasteiger partial charge in [0.05, 0.1) is 5.69 Å². The van der Waals surface area contributed by atoms with Crippen molar-refractivity contribution in [2.45, 2.75) is 32.9 Å². The maximum atomic E-state index is 5.98. The Hall–Kier alpha value is -2.30. The Morgan fingerprint density at radius 2 is 2.04 bits per heavy atom. The second kappa shape index (κ2) is 8.15. The van der Waals surface area contributed by atoms with E-state index in [2.05, 4.69) is 34.2 Å². The number of H-pyrrole nitrogens is 1. The van der Waals surface area contributed by atoms with Crippen LogP contribution in [0.1, 0.15) is 30.2 Å². The first-order valence-corrected chi connectivity index (χ1v) is 9.87. The molecule has 0 amide bonds. The number of aromatic amines is 1. The van der Waals surface area contributed by atoms with Gasteiger partial charge in [-0.25, -0.2) is 0 Å². The van der Waals surface area contributed by atoms with Crippen molar-refractivity contribution in [2.24, 2.45) is 0 Å². The monoisotopic (exact) mass is 381 g/mol. The number of hydrogen-bond donors (Lipinski definition) is 1. The fourth-order valence-electron chi connectivity index (χ4n) is 3.58. The summed E-state index contributed by atoms with van der Waals surface area (Å²) in [4.78, 5) is 2.50. The highest BCUT2D eigenvalue weighted by atomic mass is 35.5. The smallest absolute Gasteiger partial charge is 0.120 e. The fraction of sp³-hybridized carbons (Fsp3) is 0.318. The van der Waals surface area contributed by atoms with Gasteiger partial charge >= 0.3 is 0 Å². The van der Waals surface area contributed by atoms with E-state index in [4.69, 9.17) is 16.3 Å². The standard InChI is InChI=1S/C22H24ClN3O/c1-2-11-26-12-10-21-20(14-26)22(25-24-21)17-4-3-5-19(13-17)27-15-16-6-8-18(23)9-7-16/h3-9,13H,2,10-12,14-15H2,1H3,(H,24,25). The summed E-state index contributed by atoms with van der Waals surface area (Å²) in [5, 5.41) is 8.59. The summed E-state index contributed by atoms with van der Waals surface area (Å²) in [6.45, 7) is 5.95. The van der Waals surface area contributed by atoms with Gasteiger partial charge in [-0.3, -0.25) is 10.00 Å². The van der Waals surface area contributed by atoms with Crippen LogP contribution in [0.4, 0.5) is 0 Å². The van der Waals surface area contributed by atoms with E-state index in [9.17, 15) is 0 Å². The molecule has 0 spiro atoms. The Morgan fingerprint density at radius 3 is 2.85 bits per heavy atom. The van der Waals surface area contributed by atoms with Crippen LogP contribution in [-0.2, 0) is 19.6 Å². The van der Waals surface area contributed by atoms with Crippen molar-refractivity contribution in [1.82, 2.24) is 15.1 Å². The largest absolute Gasteiger partial charge is 0.489 e. The second-order valence-corrected chi connectivity index (χ2v) is 7.43. The van der Waals surface area contributed by atoms with Gasteiger partial charge in [0, 0.05) is 41.4 Å². The SMILES string of the molecule is CCCN1CCc2[nH]nc(-c3cccc(OCc4ccc(Cl)cc4)c3)c2C1. The molecule has 0 radical (unpaired) electrons. The Bertz CT molecular complexity index is 904. The van der Waals surface area contributed by atoms with Gasteiger partial charge in [-0.05, 0) is 42.8 Å². The van der Waals surface area contributed by atoms with E-state index in [1.165, 1.54) is 17.7 Å². The van der Waals surface area contributed by atoms with Crippen molar-refractivity contribution < 1.29 is 4.74 Å². The highest BCUT2D eigenvalue weighted by Gasteiger charge is 2.22. The van der Waals surface area contributed by atoms with Gasteiger partial charge in [0.15, 0.2) is 0 Å².